The van der Waals surface area contributed by atoms with Gasteiger partial charge in [-0.1, -0.05) is 26.0 Å². The molecule has 1 amide bonds. The van der Waals surface area contributed by atoms with E-state index >= 15 is 0 Å². The molecule has 1 N–H and O–H groups in total. The zero-order chi connectivity index (χ0) is 17.1. The van der Waals surface area contributed by atoms with Crippen molar-refractivity contribution in [1.29, 1.82) is 0 Å². The summed E-state index contributed by atoms with van der Waals surface area (Å²) in [6.07, 6.45) is 2.04. The second-order valence-corrected chi connectivity index (χ2v) is 6.80. The van der Waals surface area contributed by atoms with Crippen LogP contribution < -0.4 is 5.32 Å². The quantitative estimate of drug-likeness (QED) is 0.690. The Morgan fingerprint density at radius 3 is 2.62 bits per heavy atom. The molecule has 124 valence electrons. The minimum absolute atomic E-state index is 0.117. The first-order valence-corrected chi connectivity index (χ1v) is 9.11. The van der Waals surface area contributed by atoms with Gasteiger partial charge in [0.25, 0.3) is 5.91 Å². The molecule has 0 spiro atoms. The summed E-state index contributed by atoms with van der Waals surface area (Å²) in [7, 11) is 0. The summed E-state index contributed by atoms with van der Waals surface area (Å²) in [4.78, 5) is 18.0. The van der Waals surface area contributed by atoms with Crippen LogP contribution in [0.2, 0.25) is 0 Å². The Bertz CT molecular complexity index is 853. The van der Waals surface area contributed by atoms with Crippen molar-refractivity contribution in [2.75, 3.05) is 6.26 Å². The summed E-state index contributed by atoms with van der Waals surface area (Å²) in [6.45, 7) is 4.56. The average Bonchev–Trinajstić information content (AvgIpc) is 3.03. The van der Waals surface area contributed by atoms with Gasteiger partial charge in [0.2, 0.25) is 0 Å². The van der Waals surface area contributed by atoms with Crippen LogP contribution in [0.1, 0.15) is 41.6 Å². The number of aromatic nitrogens is 1. The third-order valence-corrected chi connectivity index (χ3v) is 4.52. The second-order valence-electron chi connectivity index (χ2n) is 5.92. The Morgan fingerprint density at radius 1 is 1.21 bits per heavy atom. The minimum Gasteiger partial charge on any atom is -0.440 e. The summed E-state index contributed by atoms with van der Waals surface area (Å²) < 4.78 is 5.72. The van der Waals surface area contributed by atoms with Gasteiger partial charge in [-0.2, -0.15) is 0 Å². The first-order chi connectivity index (χ1) is 11.6. The van der Waals surface area contributed by atoms with E-state index in [9.17, 15) is 4.79 Å². The summed E-state index contributed by atoms with van der Waals surface area (Å²) in [6, 6.07) is 13.5. The highest BCUT2D eigenvalue weighted by Gasteiger charge is 2.12. The molecule has 0 unspecified atom stereocenters. The lowest BCUT2D eigenvalue weighted by atomic mass is 10.2. The average molecular weight is 340 g/mol. The van der Waals surface area contributed by atoms with Gasteiger partial charge in [0.15, 0.2) is 11.5 Å². The van der Waals surface area contributed by atoms with Gasteiger partial charge in [-0.05, 0) is 42.2 Å². The SMILES string of the molecule is CSc1ccc(CNC(=O)c2ccc3nc(C(C)C)oc3c2)cc1. The number of carbonyl (C=O) groups excluding carboxylic acids is 1. The van der Waals surface area contributed by atoms with Gasteiger partial charge in [-0.25, -0.2) is 4.98 Å². The van der Waals surface area contributed by atoms with Crippen molar-refractivity contribution in [3.05, 3.63) is 59.5 Å². The van der Waals surface area contributed by atoms with Crippen LogP contribution in [0.25, 0.3) is 11.1 Å². The number of hydrogen-bond donors (Lipinski definition) is 1. The molecule has 0 aliphatic rings. The molecule has 24 heavy (non-hydrogen) atoms. The number of oxazole rings is 1. The van der Waals surface area contributed by atoms with Crippen molar-refractivity contribution in [3.8, 4) is 0 Å². The lowest BCUT2D eigenvalue weighted by molar-refractivity contribution is 0.0951. The Kier molecular flexibility index (Phi) is 4.90. The highest BCUT2D eigenvalue weighted by atomic mass is 32.2. The number of rotatable bonds is 5. The van der Waals surface area contributed by atoms with Crippen LogP contribution in [-0.2, 0) is 6.54 Å². The fraction of sp³-hybridized carbons (Fsp3) is 0.263. The van der Waals surface area contributed by atoms with Gasteiger partial charge in [-0.3, -0.25) is 4.79 Å². The van der Waals surface area contributed by atoms with E-state index in [0.29, 0.717) is 23.6 Å². The highest BCUT2D eigenvalue weighted by Crippen LogP contribution is 2.22. The number of nitrogens with one attached hydrogen (secondary N) is 1. The van der Waals surface area contributed by atoms with E-state index in [1.807, 2.05) is 38.3 Å². The lowest BCUT2D eigenvalue weighted by Crippen LogP contribution is -2.22. The molecule has 0 saturated heterocycles. The zero-order valence-corrected chi connectivity index (χ0v) is 14.8. The van der Waals surface area contributed by atoms with E-state index in [1.165, 1.54) is 4.90 Å². The van der Waals surface area contributed by atoms with Gasteiger partial charge in [-0.15, -0.1) is 11.8 Å². The summed E-state index contributed by atoms with van der Waals surface area (Å²) in [5.74, 6) is 0.795. The molecule has 0 atom stereocenters. The number of fused-ring (bicyclic) bond motifs is 1. The van der Waals surface area contributed by atoms with Crippen molar-refractivity contribution in [3.63, 3.8) is 0 Å². The standard InChI is InChI=1S/C19H20N2O2S/c1-12(2)19-21-16-9-6-14(10-17(16)23-19)18(22)20-11-13-4-7-15(24-3)8-5-13/h4-10,12H,11H2,1-3H3,(H,20,22). The van der Waals surface area contributed by atoms with Crippen LogP contribution in [0.5, 0.6) is 0 Å². The summed E-state index contributed by atoms with van der Waals surface area (Å²) >= 11 is 1.70. The Labute approximate surface area is 145 Å². The fourth-order valence-electron chi connectivity index (χ4n) is 2.36. The van der Waals surface area contributed by atoms with Crippen LogP contribution in [0.4, 0.5) is 0 Å². The van der Waals surface area contributed by atoms with E-state index in [-0.39, 0.29) is 11.8 Å². The third kappa shape index (κ3) is 3.62. The van der Waals surface area contributed by atoms with Gasteiger partial charge in [0, 0.05) is 22.9 Å². The maximum atomic E-state index is 12.3. The molecule has 1 aromatic heterocycles. The van der Waals surface area contributed by atoms with Crippen molar-refractivity contribution in [2.45, 2.75) is 31.2 Å². The number of nitrogens with zero attached hydrogens (tertiary/aromatic N) is 1. The van der Waals surface area contributed by atoms with E-state index in [4.69, 9.17) is 4.42 Å². The Balaban J connectivity index is 1.70. The predicted molar refractivity (Wildman–Crippen MR) is 97.5 cm³/mol. The van der Waals surface area contributed by atoms with Gasteiger partial charge in [0.05, 0.1) is 0 Å². The third-order valence-electron chi connectivity index (χ3n) is 3.77. The van der Waals surface area contributed by atoms with Gasteiger partial charge in [0.1, 0.15) is 5.52 Å². The molecule has 0 bridgehead atoms. The van der Waals surface area contributed by atoms with Crippen LogP contribution in [0.3, 0.4) is 0 Å². The smallest absolute Gasteiger partial charge is 0.251 e. The molecule has 3 rings (SSSR count). The van der Waals surface area contributed by atoms with E-state index in [2.05, 4.69) is 22.4 Å². The first kappa shape index (κ1) is 16.6. The number of carbonyl (C=O) groups is 1. The number of thioether (sulfide) groups is 1. The first-order valence-electron chi connectivity index (χ1n) is 7.88. The largest absolute Gasteiger partial charge is 0.440 e. The molecule has 5 heteroatoms. The van der Waals surface area contributed by atoms with Gasteiger partial charge < -0.3 is 9.73 Å². The molecule has 2 aromatic carbocycles. The monoisotopic (exact) mass is 340 g/mol. The van der Waals surface area contributed by atoms with Crippen molar-refractivity contribution >= 4 is 28.8 Å². The molecule has 3 aromatic rings. The van der Waals surface area contributed by atoms with Crippen LogP contribution in [0.15, 0.2) is 51.8 Å². The minimum atomic E-state index is -0.117. The van der Waals surface area contributed by atoms with Crippen molar-refractivity contribution in [1.82, 2.24) is 10.3 Å². The molecule has 1 heterocycles. The maximum Gasteiger partial charge on any atom is 0.251 e. The van der Waals surface area contributed by atoms with E-state index in [0.717, 1.165) is 11.1 Å². The van der Waals surface area contributed by atoms with Crippen LogP contribution in [0, 0.1) is 0 Å². The highest BCUT2D eigenvalue weighted by molar-refractivity contribution is 7.98. The van der Waals surface area contributed by atoms with E-state index < -0.39 is 0 Å². The second kappa shape index (κ2) is 7.09. The van der Waals surface area contributed by atoms with Gasteiger partial charge >= 0.3 is 0 Å². The molecule has 4 nitrogen and oxygen atoms in total. The Hall–Kier alpha value is -2.27. The molecule has 0 fully saturated rings. The molecule has 0 saturated carbocycles. The number of hydrogen-bond acceptors (Lipinski definition) is 4. The fourth-order valence-corrected chi connectivity index (χ4v) is 2.77. The van der Waals surface area contributed by atoms with Crippen molar-refractivity contribution in [2.24, 2.45) is 0 Å². The number of amides is 1. The van der Waals surface area contributed by atoms with Crippen LogP contribution in [-0.4, -0.2) is 17.1 Å². The molecule has 0 aliphatic heterocycles. The molecular formula is C19H20N2O2S. The summed E-state index contributed by atoms with van der Waals surface area (Å²) in [5.41, 5.74) is 3.08. The van der Waals surface area contributed by atoms with Crippen LogP contribution >= 0.6 is 11.8 Å². The normalized spacial score (nSPS) is 11.2. The molecular weight excluding hydrogens is 320 g/mol. The van der Waals surface area contributed by atoms with E-state index in [1.54, 1.807) is 23.9 Å². The predicted octanol–water partition coefficient (Wildman–Crippen LogP) is 4.60. The molecule has 0 radical (unpaired) electrons. The Morgan fingerprint density at radius 2 is 1.96 bits per heavy atom. The topological polar surface area (TPSA) is 55.1 Å². The summed E-state index contributed by atoms with van der Waals surface area (Å²) in [5, 5.41) is 2.94. The number of benzene rings is 2. The molecule has 0 aliphatic carbocycles. The zero-order valence-electron chi connectivity index (χ0n) is 14.0. The van der Waals surface area contributed by atoms with Crippen molar-refractivity contribution < 1.29 is 9.21 Å². The lowest BCUT2D eigenvalue weighted by Gasteiger charge is -2.06. The maximum absolute atomic E-state index is 12.3.